The number of methoxy groups -OCH3 is 1. The Morgan fingerprint density at radius 2 is 2.17 bits per heavy atom. The minimum absolute atomic E-state index is 0.0105. The van der Waals surface area contributed by atoms with Crippen molar-refractivity contribution in [2.45, 2.75) is 26.2 Å². The smallest absolute Gasteiger partial charge is 0.325 e. The number of likely N-dealkylation sites (tertiary alicyclic amines) is 1. The van der Waals surface area contributed by atoms with Crippen LogP contribution in [0.2, 0.25) is 0 Å². The van der Waals surface area contributed by atoms with Crippen molar-refractivity contribution in [3.63, 3.8) is 0 Å². The lowest BCUT2D eigenvalue weighted by Gasteiger charge is -2.22. The maximum absolute atomic E-state index is 12.2. The number of ether oxygens (including phenoxy) is 1. The standard InChI is InChI=1S/C12H19NO4S/c1-9(14)18-8-10-5-3-4-6-13(12(10)16)7-11(15)17-2/h10H,3-8H2,1-2H3. The third-order valence-corrected chi connectivity index (χ3v) is 3.90. The summed E-state index contributed by atoms with van der Waals surface area (Å²) in [7, 11) is 1.31. The Bertz CT molecular complexity index is 332. The Hall–Kier alpha value is -1.04. The number of esters is 1. The summed E-state index contributed by atoms with van der Waals surface area (Å²) in [5, 5.41) is 0.0200. The van der Waals surface area contributed by atoms with Gasteiger partial charge in [-0.2, -0.15) is 0 Å². The molecule has 1 fully saturated rings. The first-order chi connectivity index (χ1) is 8.54. The summed E-state index contributed by atoms with van der Waals surface area (Å²) >= 11 is 1.17. The molecule has 5 nitrogen and oxygen atoms in total. The Labute approximate surface area is 111 Å². The van der Waals surface area contributed by atoms with Crippen LogP contribution in [-0.4, -0.2) is 47.8 Å². The van der Waals surface area contributed by atoms with Gasteiger partial charge in [0.25, 0.3) is 0 Å². The van der Waals surface area contributed by atoms with Gasteiger partial charge >= 0.3 is 5.97 Å². The van der Waals surface area contributed by atoms with Gasteiger partial charge in [0.05, 0.1) is 7.11 Å². The van der Waals surface area contributed by atoms with Gasteiger partial charge in [-0.15, -0.1) is 0 Å². The average Bonchev–Trinajstić information content (AvgIpc) is 2.50. The van der Waals surface area contributed by atoms with E-state index in [9.17, 15) is 14.4 Å². The zero-order valence-electron chi connectivity index (χ0n) is 10.8. The van der Waals surface area contributed by atoms with Gasteiger partial charge in [-0.3, -0.25) is 14.4 Å². The lowest BCUT2D eigenvalue weighted by molar-refractivity contribution is -0.147. The van der Waals surface area contributed by atoms with Gasteiger partial charge in [-0.25, -0.2) is 0 Å². The van der Waals surface area contributed by atoms with E-state index in [-0.39, 0.29) is 23.5 Å². The minimum Gasteiger partial charge on any atom is -0.468 e. The molecule has 0 N–H and O–H groups in total. The van der Waals surface area contributed by atoms with E-state index in [0.29, 0.717) is 12.3 Å². The van der Waals surface area contributed by atoms with E-state index in [0.717, 1.165) is 19.3 Å². The van der Waals surface area contributed by atoms with Crippen LogP contribution >= 0.6 is 11.8 Å². The Morgan fingerprint density at radius 3 is 2.78 bits per heavy atom. The zero-order valence-corrected chi connectivity index (χ0v) is 11.6. The van der Waals surface area contributed by atoms with Crippen LogP contribution < -0.4 is 0 Å². The van der Waals surface area contributed by atoms with Crippen LogP contribution in [0.25, 0.3) is 0 Å². The Kier molecular flexibility index (Phi) is 6.18. The first-order valence-corrected chi connectivity index (χ1v) is 7.02. The first kappa shape index (κ1) is 15.0. The van der Waals surface area contributed by atoms with Crippen LogP contribution in [0.15, 0.2) is 0 Å². The van der Waals surface area contributed by atoms with Crippen LogP contribution in [0.1, 0.15) is 26.2 Å². The minimum atomic E-state index is -0.400. The monoisotopic (exact) mass is 273 g/mol. The van der Waals surface area contributed by atoms with Gasteiger partial charge in [0, 0.05) is 25.1 Å². The van der Waals surface area contributed by atoms with Crippen LogP contribution in [-0.2, 0) is 19.1 Å². The Morgan fingerprint density at radius 1 is 1.44 bits per heavy atom. The van der Waals surface area contributed by atoms with Crippen molar-refractivity contribution in [2.75, 3.05) is 26.0 Å². The lowest BCUT2D eigenvalue weighted by Crippen LogP contribution is -2.39. The highest BCUT2D eigenvalue weighted by atomic mass is 32.2. The molecule has 0 aromatic rings. The van der Waals surface area contributed by atoms with Crippen LogP contribution in [0.5, 0.6) is 0 Å². The van der Waals surface area contributed by atoms with E-state index in [4.69, 9.17) is 0 Å². The normalized spacial score (nSPS) is 20.4. The molecule has 6 heteroatoms. The molecule has 0 saturated carbocycles. The summed E-state index contributed by atoms with van der Waals surface area (Å²) in [5.41, 5.74) is 0. The van der Waals surface area contributed by atoms with E-state index >= 15 is 0 Å². The molecule has 0 spiro atoms. The average molecular weight is 273 g/mol. The number of nitrogens with zero attached hydrogens (tertiary/aromatic N) is 1. The molecule has 1 atom stereocenters. The highest BCUT2D eigenvalue weighted by Gasteiger charge is 2.28. The summed E-state index contributed by atoms with van der Waals surface area (Å²) < 4.78 is 4.58. The highest BCUT2D eigenvalue weighted by molar-refractivity contribution is 8.13. The van der Waals surface area contributed by atoms with E-state index < -0.39 is 5.97 Å². The fourth-order valence-electron chi connectivity index (χ4n) is 1.94. The third kappa shape index (κ3) is 4.68. The number of carbonyl (C=O) groups excluding carboxylic acids is 3. The number of thioether (sulfide) groups is 1. The van der Waals surface area contributed by atoms with Crippen molar-refractivity contribution in [3.8, 4) is 0 Å². The van der Waals surface area contributed by atoms with E-state index in [1.54, 1.807) is 4.90 Å². The number of rotatable bonds is 4. The zero-order chi connectivity index (χ0) is 13.5. The van der Waals surface area contributed by atoms with E-state index in [1.165, 1.54) is 25.8 Å². The van der Waals surface area contributed by atoms with Gasteiger partial charge in [-0.05, 0) is 12.8 Å². The van der Waals surface area contributed by atoms with E-state index in [1.807, 2.05) is 0 Å². The van der Waals surface area contributed by atoms with Gasteiger partial charge in [-0.1, -0.05) is 18.2 Å². The number of hydrogen-bond donors (Lipinski definition) is 0. The van der Waals surface area contributed by atoms with Crippen molar-refractivity contribution in [1.82, 2.24) is 4.90 Å². The number of carbonyl (C=O) groups is 3. The summed E-state index contributed by atoms with van der Waals surface area (Å²) in [5.74, 6) is -0.0906. The molecule has 0 aromatic heterocycles. The maximum Gasteiger partial charge on any atom is 0.325 e. The molecule has 0 aromatic carbocycles. The fourth-order valence-corrected chi connectivity index (χ4v) is 2.68. The molecular formula is C12H19NO4S. The quantitative estimate of drug-likeness (QED) is 0.717. The summed E-state index contributed by atoms with van der Waals surface area (Å²) in [6.07, 6.45) is 2.63. The van der Waals surface area contributed by atoms with E-state index in [2.05, 4.69) is 4.74 Å². The SMILES string of the molecule is COC(=O)CN1CCCCC(CSC(C)=O)C1=O. The second-order valence-corrected chi connectivity index (χ2v) is 5.53. The summed E-state index contributed by atoms with van der Waals surface area (Å²) in [6.45, 7) is 2.10. The molecule has 1 saturated heterocycles. The van der Waals surface area contributed by atoms with Crippen LogP contribution in [0, 0.1) is 5.92 Å². The predicted octanol–water partition coefficient (Wildman–Crippen LogP) is 1.07. The second-order valence-electron chi connectivity index (χ2n) is 4.33. The predicted molar refractivity (Wildman–Crippen MR) is 69.1 cm³/mol. The molecule has 0 radical (unpaired) electrons. The molecular weight excluding hydrogens is 254 g/mol. The van der Waals surface area contributed by atoms with Crippen LogP contribution in [0.4, 0.5) is 0 Å². The van der Waals surface area contributed by atoms with Gasteiger partial charge in [0.1, 0.15) is 6.54 Å². The van der Waals surface area contributed by atoms with Crippen LogP contribution in [0.3, 0.4) is 0 Å². The second kappa shape index (κ2) is 7.41. The molecule has 0 aliphatic carbocycles. The highest BCUT2D eigenvalue weighted by Crippen LogP contribution is 2.22. The molecule has 1 unspecified atom stereocenters. The first-order valence-electron chi connectivity index (χ1n) is 6.03. The molecule has 1 amide bonds. The molecule has 1 rings (SSSR count). The molecule has 1 aliphatic rings. The molecule has 102 valence electrons. The van der Waals surface area contributed by atoms with Crippen molar-refractivity contribution < 1.29 is 19.1 Å². The topological polar surface area (TPSA) is 63.7 Å². The third-order valence-electron chi connectivity index (χ3n) is 2.93. The van der Waals surface area contributed by atoms with Gasteiger partial charge in [0.2, 0.25) is 5.91 Å². The van der Waals surface area contributed by atoms with Crippen molar-refractivity contribution in [2.24, 2.45) is 5.92 Å². The van der Waals surface area contributed by atoms with Gasteiger partial charge < -0.3 is 9.64 Å². The maximum atomic E-state index is 12.2. The fraction of sp³-hybridized carbons (Fsp3) is 0.750. The molecule has 1 aliphatic heterocycles. The molecule has 18 heavy (non-hydrogen) atoms. The van der Waals surface area contributed by atoms with Crippen molar-refractivity contribution in [3.05, 3.63) is 0 Å². The van der Waals surface area contributed by atoms with Crippen molar-refractivity contribution in [1.29, 1.82) is 0 Å². The largest absolute Gasteiger partial charge is 0.468 e. The Balaban J connectivity index is 2.60. The lowest BCUT2D eigenvalue weighted by atomic mass is 10.1. The molecule has 1 heterocycles. The molecule has 0 bridgehead atoms. The summed E-state index contributed by atoms with van der Waals surface area (Å²) in [4.78, 5) is 35.9. The number of hydrogen-bond acceptors (Lipinski definition) is 5. The van der Waals surface area contributed by atoms with Gasteiger partial charge in [0.15, 0.2) is 5.12 Å². The number of amides is 1. The summed E-state index contributed by atoms with van der Waals surface area (Å²) in [6, 6.07) is 0. The van der Waals surface area contributed by atoms with Crippen molar-refractivity contribution >= 4 is 28.8 Å².